The van der Waals surface area contributed by atoms with E-state index in [0.29, 0.717) is 0 Å². The molecule has 2 heterocycles. The molecule has 3 rings (SSSR count). The van der Waals surface area contributed by atoms with Crippen molar-refractivity contribution in [3.8, 4) is 26.2 Å². The van der Waals surface area contributed by atoms with Crippen LogP contribution in [-0.2, 0) is 0 Å². The number of thiazole rings is 1. The molecule has 20 heavy (non-hydrogen) atoms. The molecule has 0 fully saturated rings. The molecule has 2 aromatic heterocycles. The van der Waals surface area contributed by atoms with E-state index in [9.17, 15) is 0 Å². The van der Waals surface area contributed by atoms with Crippen LogP contribution in [0.15, 0.2) is 30.5 Å². The molecule has 0 aliphatic rings. The van der Waals surface area contributed by atoms with Crippen molar-refractivity contribution in [3.63, 3.8) is 0 Å². The van der Waals surface area contributed by atoms with Crippen molar-refractivity contribution in [2.75, 3.05) is 19.5 Å². The van der Waals surface area contributed by atoms with Gasteiger partial charge in [0.15, 0.2) is 5.01 Å². The highest BCUT2D eigenvalue weighted by molar-refractivity contribution is 7.24. The SMILES string of the molecule is CNc1nnc(-c2cnc(-c3cccc(OC)c3)s2)s1. The number of nitrogens with zero attached hydrogens (tertiary/aromatic N) is 3. The van der Waals surface area contributed by atoms with Crippen molar-refractivity contribution in [2.24, 2.45) is 0 Å². The van der Waals surface area contributed by atoms with Gasteiger partial charge in [0.25, 0.3) is 0 Å². The van der Waals surface area contributed by atoms with Crippen molar-refractivity contribution >= 4 is 27.8 Å². The zero-order valence-corrected chi connectivity index (χ0v) is 12.6. The van der Waals surface area contributed by atoms with E-state index in [1.807, 2.05) is 37.5 Å². The Kier molecular flexibility index (Phi) is 3.62. The summed E-state index contributed by atoms with van der Waals surface area (Å²) in [6.45, 7) is 0. The summed E-state index contributed by atoms with van der Waals surface area (Å²) < 4.78 is 5.23. The number of nitrogens with one attached hydrogen (secondary N) is 1. The second-order valence-corrected chi connectivity index (χ2v) is 5.93. The maximum Gasteiger partial charge on any atom is 0.205 e. The van der Waals surface area contributed by atoms with E-state index in [1.54, 1.807) is 18.4 Å². The Hall–Kier alpha value is -1.99. The van der Waals surface area contributed by atoms with Crippen LogP contribution >= 0.6 is 22.7 Å². The lowest BCUT2D eigenvalue weighted by Crippen LogP contribution is -1.84. The number of hydrogen-bond donors (Lipinski definition) is 1. The van der Waals surface area contributed by atoms with Gasteiger partial charge in [-0.1, -0.05) is 23.5 Å². The molecule has 0 radical (unpaired) electrons. The van der Waals surface area contributed by atoms with Crippen molar-refractivity contribution in [1.29, 1.82) is 0 Å². The molecular formula is C13H12N4OS2. The summed E-state index contributed by atoms with van der Waals surface area (Å²) in [5, 5.41) is 13.8. The first-order valence-electron chi connectivity index (χ1n) is 5.92. The monoisotopic (exact) mass is 304 g/mol. The summed E-state index contributed by atoms with van der Waals surface area (Å²) in [5.41, 5.74) is 1.04. The highest BCUT2D eigenvalue weighted by atomic mass is 32.1. The fourth-order valence-electron chi connectivity index (χ4n) is 1.69. The number of hydrogen-bond acceptors (Lipinski definition) is 7. The smallest absolute Gasteiger partial charge is 0.205 e. The molecule has 0 aliphatic heterocycles. The third kappa shape index (κ3) is 2.50. The third-order valence-electron chi connectivity index (χ3n) is 2.67. The Bertz CT molecular complexity index is 722. The van der Waals surface area contributed by atoms with Crippen LogP contribution in [0.2, 0.25) is 0 Å². The minimum Gasteiger partial charge on any atom is -0.497 e. The van der Waals surface area contributed by atoms with Gasteiger partial charge in [-0.2, -0.15) is 0 Å². The highest BCUT2D eigenvalue weighted by Crippen LogP contribution is 2.35. The number of ether oxygens (including phenoxy) is 1. The largest absolute Gasteiger partial charge is 0.497 e. The summed E-state index contributed by atoms with van der Waals surface area (Å²) in [6.07, 6.45) is 1.83. The standard InChI is InChI=1S/C13H12N4OS2/c1-14-13-17-16-12(20-13)10-7-15-11(19-10)8-4-3-5-9(6-8)18-2/h3-7H,1-2H3,(H,14,17). The molecule has 0 bridgehead atoms. The van der Waals surface area contributed by atoms with E-state index in [-0.39, 0.29) is 0 Å². The second-order valence-electron chi connectivity index (χ2n) is 3.92. The van der Waals surface area contributed by atoms with Gasteiger partial charge in [0.2, 0.25) is 5.13 Å². The molecule has 0 atom stereocenters. The topological polar surface area (TPSA) is 59.9 Å². The van der Waals surface area contributed by atoms with Gasteiger partial charge in [-0.3, -0.25) is 0 Å². The lowest BCUT2D eigenvalue weighted by atomic mass is 10.2. The maximum atomic E-state index is 5.23. The Balaban J connectivity index is 1.93. The first-order chi connectivity index (χ1) is 9.80. The summed E-state index contributed by atoms with van der Waals surface area (Å²) in [6, 6.07) is 7.87. The molecular weight excluding hydrogens is 292 g/mol. The normalized spacial score (nSPS) is 10.5. The number of methoxy groups -OCH3 is 1. The number of rotatable bonds is 4. The number of anilines is 1. The molecule has 0 unspecified atom stereocenters. The van der Waals surface area contributed by atoms with Crippen LogP contribution < -0.4 is 10.1 Å². The van der Waals surface area contributed by atoms with Crippen LogP contribution in [0, 0.1) is 0 Å². The van der Waals surface area contributed by atoms with Crippen molar-refractivity contribution in [2.45, 2.75) is 0 Å². The molecule has 102 valence electrons. The Labute approximate surface area is 124 Å². The molecule has 0 spiro atoms. The molecule has 0 aliphatic carbocycles. The van der Waals surface area contributed by atoms with Gasteiger partial charge in [0, 0.05) is 18.8 Å². The van der Waals surface area contributed by atoms with Crippen LogP contribution in [0.5, 0.6) is 5.75 Å². The van der Waals surface area contributed by atoms with E-state index in [4.69, 9.17) is 4.74 Å². The first kappa shape index (κ1) is 13.0. The van der Waals surface area contributed by atoms with Gasteiger partial charge in [0.05, 0.1) is 12.0 Å². The molecule has 1 aromatic carbocycles. The Morgan fingerprint density at radius 1 is 1.15 bits per heavy atom. The van der Waals surface area contributed by atoms with Gasteiger partial charge in [-0.15, -0.1) is 21.5 Å². The summed E-state index contributed by atoms with van der Waals surface area (Å²) in [4.78, 5) is 5.47. The van der Waals surface area contributed by atoms with Gasteiger partial charge in [-0.25, -0.2) is 4.98 Å². The van der Waals surface area contributed by atoms with Gasteiger partial charge in [-0.05, 0) is 12.1 Å². The van der Waals surface area contributed by atoms with Crippen molar-refractivity contribution in [3.05, 3.63) is 30.5 Å². The lowest BCUT2D eigenvalue weighted by molar-refractivity contribution is 0.415. The van der Waals surface area contributed by atoms with Crippen molar-refractivity contribution in [1.82, 2.24) is 15.2 Å². The van der Waals surface area contributed by atoms with Gasteiger partial charge < -0.3 is 10.1 Å². The van der Waals surface area contributed by atoms with Crippen LogP contribution in [-0.4, -0.2) is 29.3 Å². The molecule has 3 aromatic rings. The lowest BCUT2D eigenvalue weighted by Gasteiger charge is -2.00. The minimum atomic E-state index is 0.802. The Morgan fingerprint density at radius 3 is 2.80 bits per heavy atom. The predicted octanol–water partition coefficient (Wildman–Crippen LogP) is 3.38. The molecule has 0 saturated heterocycles. The fraction of sp³-hybridized carbons (Fsp3) is 0.154. The average molecular weight is 304 g/mol. The molecule has 0 saturated carbocycles. The summed E-state index contributed by atoms with van der Waals surface area (Å²) in [7, 11) is 3.49. The van der Waals surface area contributed by atoms with Crippen LogP contribution in [0.25, 0.3) is 20.5 Å². The molecule has 7 heteroatoms. The predicted molar refractivity (Wildman–Crippen MR) is 82.6 cm³/mol. The molecule has 5 nitrogen and oxygen atoms in total. The van der Waals surface area contributed by atoms with Crippen LogP contribution in [0.3, 0.4) is 0 Å². The molecule has 1 N–H and O–H groups in total. The summed E-state index contributed by atoms with van der Waals surface area (Å²) >= 11 is 3.11. The van der Waals surface area contributed by atoms with E-state index < -0.39 is 0 Å². The first-order valence-corrected chi connectivity index (χ1v) is 7.55. The average Bonchev–Trinajstić information content (AvgIpc) is 3.15. The second kappa shape index (κ2) is 5.56. The summed E-state index contributed by atoms with van der Waals surface area (Å²) in [5.74, 6) is 0.827. The highest BCUT2D eigenvalue weighted by Gasteiger charge is 2.11. The van der Waals surface area contributed by atoms with E-state index in [0.717, 1.165) is 31.3 Å². The number of aromatic nitrogens is 3. The van der Waals surface area contributed by atoms with E-state index >= 15 is 0 Å². The van der Waals surface area contributed by atoms with E-state index in [2.05, 4.69) is 20.5 Å². The van der Waals surface area contributed by atoms with E-state index in [1.165, 1.54) is 11.3 Å². The zero-order chi connectivity index (χ0) is 13.9. The fourth-order valence-corrected chi connectivity index (χ4v) is 3.33. The van der Waals surface area contributed by atoms with Gasteiger partial charge >= 0.3 is 0 Å². The van der Waals surface area contributed by atoms with Crippen LogP contribution in [0.4, 0.5) is 5.13 Å². The number of benzene rings is 1. The molecule has 0 amide bonds. The van der Waals surface area contributed by atoms with Crippen LogP contribution in [0.1, 0.15) is 0 Å². The Morgan fingerprint density at radius 2 is 2.05 bits per heavy atom. The van der Waals surface area contributed by atoms with Gasteiger partial charge in [0.1, 0.15) is 10.8 Å². The quantitative estimate of drug-likeness (QED) is 0.800. The zero-order valence-electron chi connectivity index (χ0n) is 11.0. The van der Waals surface area contributed by atoms with Crippen molar-refractivity contribution < 1.29 is 4.74 Å². The minimum absolute atomic E-state index is 0.802. The maximum absolute atomic E-state index is 5.23. The third-order valence-corrected chi connectivity index (χ3v) is 4.83.